The van der Waals surface area contributed by atoms with Crippen LogP contribution in [-0.4, -0.2) is 9.97 Å². The Morgan fingerprint density at radius 3 is 2.72 bits per heavy atom. The number of rotatable bonds is 3. The molecular formula is C14H15N3S. The summed E-state index contributed by atoms with van der Waals surface area (Å²) in [5.74, 6) is 0.692. The molecule has 0 fully saturated rings. The number of nitrogens with two attached hydrogens (primary N) is 1. The number of anilines is 2. The Labute approximate surface area is 112 Å². The molecule has 0 aliphatic heterocycles. The molecule has 0 bridgehead atoms. The predicted molar refractivity (Wildman–Crippen MR) is 79.3 cm³/mol. The molecule has 0 aliphatic carbocycles. The van der Waals surface area contributed by atoms with Crippen molar-refractivity contribution < 1.29 is 0 Å². The summed E-state index contributed by atoms with van der Waals surface area (Å²) in [6, 6.07) is 9.88. The lowest BCUT2D eigenvalue weighted by molar-refractivity contribution is 1.28. The lowest BCUT2D eigenvalue weighted by Crippen LogP contribution is -2.13. The molecule has 0 atom stereocenters. The van der Waals surface area contributed by atoms with Crippen LogP contribution >= 0.6 is 12.2 Å². The summed E-state index contributed by atoms with van der Waals surface area (Å²) in [7, 11) is 0. The molecule has 0 spiro atoms. The molecule has 92 valence electrons. The molecule has 0 amide bonds. The van der Waals surface area contributed by atoms with Crippen molar-refractivity contribution in [3.63, 3.8) is 0 Å². The maximum absolute atomic E-state index is 5.68. The molecule has 0 saturated heterocycles. The van der Waals surface area contributed by atoms with Crippen LogP contribution in [0.15, 0.2) is 36.5 Å². The lowest BCUT2D eigenvalue weighted by Gasteiger charge is -2.12. The van der Waals surface area contributed by atoms with E-state index in [0.29, 0.717) is 10.8 Å². The summed E-state index contributed by atoms with van der Waals surface area (Å²) in [6.45, 7) is 4.12. The summed E-state index contributed by atoms with van der Waals surface area (Å²) < 4.78 is 0. The third-order valence-electron chi connectivity index (χ3n) is 2.71. The molecule has 2 rings (SSSR count). The lowest BCUT2D eigenvalue weighted by atomic mass is 10.1. The highest BCUT2D eigenvalue weighted by Gasteiger charge is 2.07. The van der Waals surface area contributed by atoms with Crippen molar-refractivity contribution in [1.82, 2.24) is 4.98 Å². The van der Waals surface area contributed by atoms with Gasteiger partial charge in [-0.15, -0.1) is 0 Å². The number of aryl methyl sites for hydroxylation is 2. The van der Waals surface area contributed by atoms with Crippen molar-refractivity contribution in [1.29, 1.82) is 0 Å². The minimum absolute atomic E-state index is 0.343. The Kier molecular flexibility index (Phi) is 3.58. The Hall–Kier alpha value is -1.94. The molecule has 1 heterocycles. The normalized spacial score (nSPS) is 10.1. The fraction of sp³-hybridized carbons (Fsp3) is 0.143. The van der Waals surface area contributed by atoms with Crippen molar-refractivity contribution in [2.75, 3.05) is 5.32 Å². The fourth-order valence-electron chi connectivity index (χ4n) is 1.79. The maximum Gasteiger partial charge on any atom is 0.140 e. The fourth-order valence-corrected chi connectivity index (χ4v) is 1.95. The molecule has 1 aromatic carbocycles. The van der Waals surface area contributed by atoms with Gasteiger partial charge in [0.15, 0.2) is 0 Å². The summed E-state index contributed by atoms with van der Waals surface area (Å²) in [5.41, 5.74) is 9.84. The van der Waals surface area contributed by atoms with Gasteiger partial charge < -0.3 is 11.1 Å². The van der Waals surface area contributed by atoms with Gasteiger partial charge in [-0.1, -0.05) is 29.9 Å². The number of pyridine rings is 1. The van der Waals surface area contributed by atoms with Gasteiger partial charge in [-0.25, -0.2) is 4.98 Å². The number of hydrogen-bond acceptors (Lipinski definition) is 3. The van der Waals surface area contributed by atoms with E-state index in [1.165, 1.54) is 5.56 Å². The molecule has 3 nitrogen and oxygen atoms in total. The van der Waals surface area contributed by atoms with Crippen molar-refractivity contribution >= 4 is 28.7 Å². The zero-order valence-electron chi connectivity index (χ0n) is 10.4. The van der Waals surface area contributed by atoms with Crippen molar-refractivity contribution in [3.8, 4) is 0 Å². The zero-order chi connectivity index (χ0) is 13.1. The van der Waals surface area contributed by atoms with Crippen LogP contribution in [0, 0.1) is 13.8 Å². The van der Waals surface area contributed by atoms with Crippen molar-refractivity contribution in [2.24, 2.45) is 5.73 Å². The van der Waals surface area contributed by atoms with Crippen LogP contribution in [0.4, 0.5) is 11.5 Å². The van der Waals surface area contributed by atoms with Gasteiger partial charge in [0, 0.05) is 11.9 Å². The highest BCUT2D eigenvalue weighted by atomic mass is 32.1. The average molecular weight is 257 g/mol. The van der Waals surface area contributed by atoms with E-state index in [9.17, 15) is 0 Å². The Bertz CT molecular complexity index is 593. The SMILES string of the molecule is Cc1ccc(Nc2ncccc2C(N)=S)c(C)c1. The number of thiocarbonyl (C=S) groups is 1. The number of nitrogens with one attached hydrogen (secondary N) is 1. The Balaban J connectivity index is 2.37. The molecule has 18 heavy (non-hydrogen) atoms. The minimum Gasteiger partial charge on any atom is -0.389 e. The van der Waals surface area contributed by atoms with E-state index in [2.05, 4.69) is 36.3 Å². The van der Waals surface area contributed by atoms with E-state index in [1.807, 2.05) is 18.2 Å². The average Bonchev–Trinajstić information content (AvgIpc) is 2.33. The van der Waals surface area contributed by atoms with Crippen LogP contribution in [0.3, 0.4) is 0 Å². The second-order valence-electron chi connectivity index (χ2n) is 4.21. The van der Waals surface area contributed by atoms with Crippen LogP contribution < -0.4 is 11.1 Å². The largest absolute Gasteiger partial charge is 0.389 e. The minimum atomic E-state index is 0.343. The van der Waals surface area contributed by atoms with Gasteiger partial charge >= 0.3 is 0 Å². The second kappa shape index (κ2) is 5.14. The van der Waals surface area contributed by atoms with Crippen molar-refractivity contribution in [2.45, 2.75) is 13.8 Å². The van der Waals surface area contributed by atoms with E-state index >= 15 is 0 Å². The molecule has 0 aliphatic rings. The van der Waals surface area contributed by atoms with Crippen molar-refractivity contribution in [3.05, 3.63) is 53.2 Å². The monoisotopic (exact) mass is 257 g/mol. The number of hydrogen-bond donors (Lipinski definition) is 2. The smallest absolute Gasteiger partial charge is 0.140 e. The Morgan fingerprint density at radius 2 is 2.06 bits per heavy atom. The number of benzene rings is 1. The summed E-state index contributed by atoms with van der Waals surface area (Å²) in [4.78, 5) is 4.62. The summed E-state index contributed by atoms with van der Waals surface area (Å²) >= 11 is 5.02. The highest BCUT2D eigenvalue weighted by molar-refractivity contribution is 7.80. The van der Waals surface area contributed by atoms with Gasteiger partial charge in [-0.2, -0.15) is 0 Å². The molecule has 1 aromatic heterocycles. The molecule has 2 aromatic rings. The van der Waals surface area contributed by atoms with E-state index in [1.54, 1.807) is 6.20 Å². The van der Waals surface area contributed by atoms with E-state index < -0.39 is 0 Å². The third kappa shape index (κ3) is 2.65. The van der Waals surface area contributed by atoms with Crippen LogP contribution in [-0.2, 0) is 0 Å². The molecule has 0 radical (unpaired) electrons. The van der Waals surface area contributed by atoms with Crippen LogP contribution in [0.25, 0.3) is 0 Å². The predicted octanol–water partition coefficient (Wildman–Crippen LogP) is 3.08. The van der Waals surface area contributed by atoms with Crippen LogP contribution in [0.5, 0.6) is 0 Å². The third-order valence-corrected chi connectivity index (χ3v) is 2.93. The van der Waals surface area contributed by atoms with Gasteiger partial charge in [0.05, 0.1) is 5.56 Å². The molecular weight excluding hydrogens is 242 g/mol. The molecule has 0 unspecified atom stereocenters. The molecule has 4 heteroatoms. The van der Waals surface area contributed by atoms with Gasteiger partial charge in [0.25, 0.3) is 0 Å². The molecule has 3 N–H and O–H groups in total. The van der Waals surface area contributed by atoms with Crippen LogP contribution in [0.1, 0.15) is 16.7 Å². The van der Waals surface area contributed by atoms with Gasteiger partial charge in [-0.05, 0) is 37.6 Å². The van der Waals surface area contributed by atoms with E-state index in [0.717, 1.165) is 16.8 Å². The number of nitrogens with zero attached hydrogens (tertiary/aromatic N) is 1. The topological polar surface area (TPSA) is 50.9 Å². The first kappa shape index (κ1) is 12.5. The quantitative estimate of drug-likeness (QED) is 0.830. The van der Waals surface area contributed by atoms with Gasteiger partial charge in [0.2, 0.25) is 0 Å². The van der Waals surface area contributed by atoms with Gasteiger partial charge in [0.1, 0.15) is 10.8 Å². The van der Waals surface area contributed by atoms with Gasteiger partial charge in [-0.3, -0.25) is 0 Å². The first-order valence-electron chi connectivity index (χ1n) is 5.67. The zero-order valence-corrected chi connectivity index (χ0v) is 11.2. The first-order chi connectivity index (χ1) is 8.58. The Morgan fingerprint density at radius 1 is 1.28 bits per heavy atom. The summed E-state index contributed by atoms with van der Waals surface area (Å²) in [5, 5.41) is 3.27. The summed E-state index contributed by atoms with van der Waals surface area (Å²) in [6.07, 6.45) is 1.72. The second-order valence-corrected chi connectivity index (χ2v) is 4.65. The molecule has 0 saturated carbocycles. The first-order valence-corrected chi connectivity index (χ1v) is 6.08. The number of aromatic nitrogens is 1. The standard InChI is InChI=1S/C14H15N3S/c1-9-5-6-12(10(2)8-9)17-14-11(13(15)18)4-3-7-16-14/h3-8H,1-2H3,(H2,15,18)(H,16,17). The van der Waals surface area contributed by atoms with E-state index in [-0.39, 0.29) is 0 Å². The maximum atomic E-state index is 5.68. The van der Waals surface area contributed by atoms with E-state index in [4.69, 9.17) is 18.0 Å². The highest BCUT2D eigenvalue weighted by Crippen LogP contribution is 2.22. The van der Waals surface area contributed by atoms with Crippen LogP contribution in [0.2, 0.25) is 0 Å².